The zero-order chi connectivity index (χ0) is 14.7. The Hall–Kier alpha value is -1.72. The summed E-state index contributed by atoms with van der Waals surface area (Å²) < 4.78 is 0. The topological polar surface area (TPSA) is 80.9 Å². The second-order valence-corrected chi connectivity index (χ2v) is 5.60. The first-order chi connectivity index (χ1) is 10.3. The maximum Gasteiger partial charge on any atom is 0.271 e. The molecule has 1 fully saturated rings. The Morgan fingerprint density at radius 2 is 1.95 bits per heavy atom. The van der Waals surface area contributed by atoms with Gasteiger partial charge in [0, 0.05) is 12.6 Å². The fraction of sp³-hybridized carbons (Fsp3) is 0.438. The Labute approximate surface area is 136 Å². The zero-order valence-electron chi connectivity index (χ0n) is 12.4. The van der Waals surface area contributed by atoms with Gasteiger partial charge in [0.2, 0.25) is 0 Å². The van der Waals surface area contributed by atoms with Gasteiger partial charge < -0.3 is 11.1 Å². The van der Waals surface area contributed by atoms with Crippen LogP contribution in [0.5, 0.6) is 0 Å². The molecular formula is C16H21ClN4O. The molecule has 1 atom stereocenters. The van der Waals surface area contributed by atoms with Crippen molar-refractivity contribution in [3.63, 3.8) is 0 Å². The Morgan fingerprint density at radius 1 is 1.27 bits per heavy atom. The van der Waals surface area contributed by atoms with Crippen LogP contribution in [-0.4, -0.2) is 28.5 Å². The van der Waals surface area contributed by atoms with Crippen LogP contribution in [0, 0.1) is 5.92 Å². The van der Waals surface area contributed by atoms with E-state index in [1.54, 1.807) is 0 Å². The molecule has 1 aromatic heterocycles. The highest BCUT2D eigenvalue weighted by Gasteiger charge is 2.26. The summed E-state index contributed by atoms with van der Waals surface area (Å²) in [6.45, 7) is 0.470. The lowest BCUT2D eigenvalue weighted by atomic mass is 9.98. The second-order valence-electron chi connectivity index (χ2n) is 5.60. The van der Waals surface area contributed by atoms with Crippen LogP contribution < -0.4 is 11.1 Å². The van der Waals surface area contributed by atoms with E-state index in [2.05, 4.69) is 15.3 Å². The first-order valence-electron chi connectivity index (χ1n) is 7.50. The third-order valence-electron chi connectivity index (χ3n) is 4.22. The molecule has 0 saturated heterocycles. The number of rotatable bonds is 4. The molecule has 3 N–H and O–H groups in total. The molecule has 0 radical (unpaired) electrons. The van der Waals surface area contributed by atoms with Crippen LogP contribution in [0.1, 0.15) is 36.2 Å². The number of nitrogens with one attached hydrogen (secondary N) is 1. The van der Waals surface area contributed by atoms with Gasteiger partial charge in [-0.2, -0.15) is 0 Å². The molecule has 1 heterocycles. The van der Waals surface area contributed by atoms with Crippen molar-refractivity contribution < 1.29 is 4.79 Å². The molecule has 1 amide bonds. The van der Waals surface area contributed by atoms with Gasteiger partial charge in [0.25, 0.3) is 5.91 Å². The van der Waals surface area contributed by atoms with E-state index < -0.39 is 0 Å². The lowest BCUT2D eigenvalue weighted by molar-refractivity contribution is 0.0919. The monoisotopic (exact) mass is 320 g/mol. The minimum absolute atomic E-state index is 0. The first-order valence-corrected chi connectivity index (χ1v) is 7.50. The number of aromatic nitrogens is 2. The van der Waals surface area contributed by atoms with E-state index in [0.717, 1.165) is 23.9 Å². The van der Waals surface area contributed by atoms with E-state index in [1.807, 2.05) is 24.3 Å². The summed E-state index contributed by atoms with van der Waals surface area (Å²) in [5, 5.41) is 3.02. The number of benzene rings is 1. The molecular weight excluding hydrogens is 300 g/mol. The third kappa shape index (κ3) is 3.54. The molecule has 3 rings (SSSR count). The molecule has 0 spiro atoms. The minimum atomic E-state index is -0.185. The van der Waals surface area contributed by atoms with Gasteiger partial charge in [0.15, 0.2) is 0 Å². The largest absolute Gasteiger partial charge is 0.346 e. The van der Waals surface area contributed by atoms with Crippen molar-refractivity contribution in [1.29, 1.82) is 0 Å². The van der Waals surface area contributed by atoms with Gasteiger partial charge in [-0.1, -0.05) is 25.0 Å². The van der Waals surface area contributed by atoms with Gasteiger partial charge in [-0.3, -0.25) is 9.78 Å². The number of nitrogens with zero attached hydrogens (tertiary/aromatic N) is 2. The molecule has 1 aliphatic rings. The first kappa shape index (κ1) is 16.6. The molecule has 1 aromatic carbocycles. The van der Waals surface area contributed by atoms with Crippen LogP contribution in [0.2, 0.25) is 0 Å². The number of amides is 1. The number of halogens is 1. The Balaban J connectivity index is 0.00000176. The molecule has 0 bridgehead atoms. The standard InChI is InChI=1S/C16H20N4O.ClH/c17-9-14(11-5-1-2-6-11)20-16(21)15-10-18-12-7-3-4-8-13(12)19-15;/h3-4,7-8,10-11,14H,1-2,5-6,9,17H2,(H,20,21);1H. The normalized spacial score (nSPS) is 16.2. The van der Waals surface area contributed by atoms with Crippen molar-refractivity contribution in [3.8, 4) is 0 Å². The Kier molecular flexibility index (Phi) is 5.69. The van der Waals surface area contributed by atoms with Crippen LogP contribution in [0.4, 0.5) is 0 Å². The summed E-state index contributed by atoms with van der Waals surface area (Å²) >= 11 is 0. The van der Waals surface area contributed by atoms with Gasteiger partial charge in [-0.25, -0.2) is 4.98 Å². The van der Waals surface area contributed by atoms with Gasteiger partial charge in [0.05, 0.1) is 17.2 Å². The van der Waals surface area contributed by atoms with E-state index in [0.29, 0.717) is 18.2 Å². The molecule has 22 heavy (non-hydrogen) atoms. The summed E-state index contributed by atoms with van der Waals surface area (Å²) in [7, 11) is 0. The molecule has 5 nitrogen and oxygen atoms in total. The molecule has 2 aromatic rings. The molecule has 6 heteroatoms. The Bertz CT molecular complexity index is 643. The minimum Gasteiger partial charge on any atom is -0.346 e. The van der Waals surface area contributed by atoms with Crippen molar-refractivity contribution >= 4 is 29.3 Å². The Morgan fingerprint density at radius 3 is 2.64 bits per heavy atom. The van der Waals surface area contributed by atoms with E-state index in [-0.39, 0.29) is 24.4 Å². The summed E-state index contributed by atoms with van der Waals surface area (Å²) in [5.74, 6) is 0.308. The highest BCUT2D eigenvalue weighted by atomic mass is 35.5. The summed E-state index contributed by atoms with van der Waals surface area (Å²) in [5.41, 5.74) is 7.69. The third-order valence-corrected chi connectivity index (χ3v) is 4.22. The molecule has 118 valence electrons. The number of hydrogen-bond donors (Lipinski definition) is 2. The van der Waals surface area contributed by atoms with Crippen molar-refractivity contribution in [2.24, 2.45) is 11.7 Å². The fourth-order valence-electron chi connectivity index (χ4n) is 3.04. The fourth-order valence-corrected chi connectivity index (χ4v) is 3.04. The highest BCUT2D eigenvalue weighted by Crippen LogP contribution is 2.27. The maximum absolute atomic E-state index is 12.3. The van der Waals surface area contributed by atoms with Crippen molar-refractivity contribution in [2.45, 2.75) is 31.7 Å². The predicted molar refractivity (Wildman–Crippen MR) is 89.1 cm³/mol. The zero-order valence-corrected chi connectivity index (χ0v) is 13.2. The van der Waals surface area contributed by atoms with E-state index in [4.69, 9.17) is 5.73 Å². The predicted octanol–water partition coefficient (Wildman–Crippen LogP) is 2.30. The lowest BCUT2D eigenvalue weighted by Gasteiger charge is -2.22. The second kappa shape index (κ2) is 7.51. The summed E-state index contributed by atoms with van der Waals surface area (Å²) in [6.07, 6.45) is 6.27. The average Bonchev–Trinajstić information content (AvgIpc) is 3.06. The maximum atomic E-state index is 12.3. The van der Waals surface area contributed by atoms with E-state index >= 15 is 0 Å². The molecule has 1 unspecified atom stereocenters. The van der Waals surface area contributed by atoms with Crippen LogP contribution >= 0.6 is 12.4 Å². The van der Waals surface area contributed by atoms with Crippen LogP contribution in [0.15, 0.2) is 30.5 Å². The average molecular weight is 321 g/mol. The SMILES string of the molecule is Cl.NCC(NC(=O)c1cnc2ccccc2n1)C1CCCC1. The van der Waals surface area contributed by atoms with Gasteiger partial charge in [-0.15, -0.1) is 12.4 Å². The summed E-state index contributed by atoms with van der Waals surface area (Å²) in [6, 6.07) is 7.57. The lowest BCUT2D eigenvalue weighted by Crippen LogP contribution is -2.44. The number of fused-ring (bicyclic) bond motifs is 1. The van der Waals surface area contributed by atoms with Crippen LogP contribution in [0.3, 0.4) is 0 Å². The van der Waals surface area contributed by atoms with Gasteiger partial charge in [0.1, 0.15) is 5.69 Å². The van der Waals surface area contributed by atoms with E-state index in [9.17, 15) is 4.79 Å². The number of carbonyl (C=O) groups is 1. The number of nitrogens with two attached hydrogens (primary N) is 1. The summed E-state index contributed by atoms with van der Waals surface area (Å²) in [4.78, 5) is 21.0. The van der Waals surface area contributed by atoms with Crippen molar-refractivity contribution in [1.82, 2.24) is 15.3 Å². The molecule has 0 aliphatic heterocycles. The quantitative estimate of drug-likeness (QED) is 0.905. The van der Waals surface area contributed by atoms with Crippen molar-refractivity contribution in [2.75, 3.05) is 6.54 Å². The van der Waals surface area contributed by atoms with E-state index in [1.165, 1.54) is 19.0 Å². The molecule has 1 saturated carbocycles. The highest BCUT2D eigenvalue weighted by molar-refractivity contribution is 5.93. The van der Waals surface area contributed by atoms with Crippen LogP contribution in [0.25, 0.3) is 11.0 Å². The molecule has 1 aliphatic carbocycles. The number of hydrogen-bond acceptors (Lipinski definition) is 4. The number of carbonyl (C=O) groups excluding carboxylic acids is 1. The number of para-hydroxylation sites is 2. The van der Waals surface area contributed by atoms with Crippen LogP contribution in [-0.2, 0) is 0 Å². The smallest absolute Gasteiger partial charge is 0.271 e. The van der Waals surface area contributed by atoms with Gasteiger partial charge in [-0.05, 0) is 30.9 Å². The van der Waals surface area contributed by atoms with Gasteiger partial charge >= 0.3 is 0 Å². The van der Waals surface area contributed by atoms with Crippen molar-refractivity contribution in [3.05, 3.63) is 36.2 Å².